The maximum absolute atomic E-state index is 11.0. The first kappa shape index (κ1) is 8.51. The van der Waals surface area contributed by atoms with Crippen molar-refractivity contribution in [2.45, 2.75) is 31.8 Å². The van der Waals surface area contributed by atoms with E-state index in [1.807, 2.05) is 0 Å². The van der Waals surface area contributed by atoms with Crippen molar-refractivity contribution in [3.63, 3.8) is 0 Å². The minimum atomic E-state index is -2.69. The topological polar surface area (TPSA) is 54.4 Å². The molecule has 2 rings (SSSR count). The second kappa shape index (κ2) is 2.45. The number of hydrogen-bond donors (Lipinski definition) is 1. The molecule has 1 aliphatic carbocycles. The van der Waals surface area contributed by atoms with Gasteiger partial charge in [0.15, 0.2) is 9.84 Å². The average Bonchev–Trinajstić information content (AvgIpc) is 1.91. The molecular formula is C8H14O3S. The van der Waals surface area contributed by atoms with Crippen LogP contribution in [-0.4, -0.2) is 31.1 Å². The average molecular weight is 190 g/mol. The number of sulfone groups is 1. The van der Waals surface area contributed by atoms with E-state index in [1.54, 1.807) is 0 Å². The van der Waals surface area contributed by atoms with Gasteiger partial charge in [-0.2, -0.15) is 0 Å². The van der Waals surface area contributed by atoms with Crippen molar-refractivity contribution in [1.29, 1.82) is 0 Å². The zero-order chi connectivity index (χ0) is 8.82. The maximum Gasteiger partial charge on any atom is 0.151 e. The van der Waals surface area contributed by atoms with Crippen LogP contribution in [0.2, 0.25) is 0 Å². The lowest BCUT2D eigenvalue weighted by molar-refractivity contribution is 0.0762. The molecule has 3 nitrogen and oxygen atoms in total. The molecule has 0 amide bonds. The van der Waals surface area contributed by atoms with Gasteiger partial charge in [0.1, 0.15) is 0 Å². The Labute approximate surface area is 72.7 Å². The molecule has 70 valence electrons. The first-order valence-corrected chi connectivity index (χ1v) is 6.22. The lowest BCUT2D eigenvalue weighted by Crippen LogP contribution is -2.50. The molecule has 1 saturated carbocycles. The molecule has 1 N–H and O–H groups in total. The SMILES string of the molecule is O=S1(=O)CC2(CCC(O)CC2)C1. The van der Waals surface area contributed by atoms with Gasteiger partial charge in [-0.05, 0) is 31.1 Å². The number of aliphatic hydroxyl groups is 1. The van der Waals surface area contributed by atoms with Crippen molar-refractivity contribution < 1.29 is 13.5 Å². The van der Waals surface area contributed by atoms with E-state index in [-0.39, 0.29) is 11.5 Å². The van der Waals surface area contributed by atoms with Gasteiger partial charge in [-0.25, -0.2) is 8.42 Å². The Bertz CT molecular complexity index is 259. The minimum absolute atomic E-state index is 0.0675. The summed E-state index contributed by atoms with van der Waals surface area (Å²) in [5.41, 5.74) is 0.0675. The van der Waals surface area contributed by atoms with Gasteiger partial charge in [-0.15, -0.1) is 0 Å². The number of aliphatic hydroxyl groups excluding tert-OH is 1. The zero-order valence-corrected chi connectivity index (χ0v) is 7.81. The standard InChI is InChI=1S/C8H14O3S/c9-7-1-3-8(4-2-7)5-12(10,11)6-8/h7,9H,1-6H2. The van der Waals surface area contributed by atoms with Gasteiger partial charge < -0.3 is 5.11 Å². The first-order chi connectivity index (χ1) is 5.52. The minimum Gasteiger partial charge on any atom is -0.393 e. The predicted molar refractivity (Wildman–Crippen MR) is 45.6 cm³/mol. The highest BCUT2D eigenvalue weighted by atomic mass is 32.2. The molecule has 1 aliphatic heterocycles. The third-order valence-electron chi connectivity index (χ3n) is 3.07. The van der Waals surface area contributed by atoms with Crippen LogP contribution in [0.5, 0.6) is 0 Å². The molecule has 1 heterocycles. The van der Waals surface area contributed by atoms with E-state index in [2.05, 4.69) is 0 Å². The van der Waals surface area contributed by atoms with E-state index in [0.29, 0.717) is 11.5 Å². The highest BCUT2D eigenvalue weighted by molar-refractivity contribution is 7.92. The summed E-state index contributed by atoms with van der Waals surface area (Å²) in [4.78, 5) is 0. The van der Waals surface area contributed by atoms with Crippen LogP contribution in [-0.2, 0) is 9.84 Å². The van der Waals surface area contributed by atoms with Crippen LogP contribution in [0.15, 0.2) is 0 Å². The van der Waals surface area contributed by atoms with Crippen LogP contribution in [0.3, 0.4) is 0 Å². The molecule has 2 aliphatic rings. The summed E-state index contributed by atoms with van der Waals surface area (Å²) in [6.07, 6.45) is 3.19. The van der Waals surface area contributed by atoms with E-state index in [9.17, 15) is 13.5 Å². The molecule has 2 fully saturated rings. The monoisotopic (exact) mass is 190 g/mol. The van der Waals surface area contributed by atoms with E-state index in [4.69, 9.17) is 0 Å². The van der Waals surface area contributed by atoms with Crippen LogP contribution >= 0.6 is 0 Å². The van der Waals surface area contributed by atoms with Gasteiger partial charge in [-0.1, -0.05) is 0 Å². The molecule has 0 bridgehead atoms. The lowest BCUT2D eigenvalue weighted by atomic mass is 9.75. The Morgan fingerprint density at radius 2 is 1.67 bits per heavy atom. The van der Waals surface area contributed by atoms with E-state index >= 15 is 0 Å². The number of hydrogen-bond acceptors (Lipinski definition) is 3. The quantitative estimate of drug-likeness (QED) is 0.599. The van der Waals surface area contributed by atoms with Crippen LogP contribution in [0.1, 0.15) is 25.7 Å². The summed E-state index contributed by atoms with van der Waals surface area (Å²) < 4.78 is 22.0. The molecule has 4 heteroatoms. The zero-order valence-electron chi connectivity index (χ0n) is 6.99. The highest BCUT2D eigenvalue weighted by Gasteiger charge is 2.49. The summed E-state index contributed by atoms with van der Waals surface area (Å²) in [5.74, 6) is 0.736. The fourth-order valence-corrected chi connectivity index (χ4v) is 4.75. The largest absolute Gasteiger partial charge is 0.393 e. The first-order valence-electron chi connectivity index (χ1n) is 4.40. The van der Waals surface area contributed by atoms with Crippen LogP contribution in [0.4, 0.5) is 0 Å². The Kier molecular flexibility index (Phi) is 1.74. The summed E-state index contributed by atoms with van der Waals surface area (Å²) in [7, 11) is -2.69. The molecule has 0 radical (unpaired) electrons. The summed E-state index contributed by atoms with van der Waals surface area (Å²) >= 11 is 0. The van der Waals surface area contributed by atoms with Crippen LogP contribution < -0.4 is 0 Å². The van der Waals surface area contributed by atoms with Gasteiger partial charge in [0.05, 0.1) is 17.6 Å². The smallest absolute Gasteiger partial charge is 0.151 e. The third kappa shape index (κ3) is 1.38. The maximum atomic E-state index is 11.0. The van der Waals surface area contributed by atoms with Crippen molar-refractivity contribution in [2.75, 3.05) is 11.5 Å². The number of rotatable bonds is 0. The van der Waals surface area contributed by atoms with Crippen LogP contribution in [0, 0.1) is 5.41 Å². The fourth-order valence-electron chi connectivity index (χ4n) is 2.39. The molecule has 0 aromatic rings. The molecule has 12 heavy (non-hydrogen) atoms. The molecule has 0 aromatic heterocycles. The Morgan fingerprint density at radius 3 is 2.08 bits per heavy atom. The fraction of sp³-hybridized carbons (Fsp3) is 1.00. The van der Waals surface area contributed by atoms with Crippen molar-refractivity contribution in [2.24, 2.45) is 5.41 Å². The van der Waals surface area contributed by atoms with Gasteiger partial charge in [0, 0.05) is 0 Å². The molecular weight excluding hydrogens is 176 g/mol. The second-order valence-electron chi connectivity index (χ2n) is 4.26. The van der Waals surface area contributed by atoms with Crippen molar-refractivity contribution in [1.82, 2.24) is 0 Å². The predicted octanol–water partition coefficient (Wildman–Crippen LogP) is 0.336. The summed E-state index contributed by atoms with van der Waals surface area (Å²) in [6.45, 7) is 0. The Morgan fingerprint density at radius 1 is 1.17 bits per heavy atom. The van der Waals surface area contributed by atoms with E-state index in [0.717, 1.165) is 25.7 Å². The van der Waals surface area contributed by atoms with Crippen molar-refractivity contribution >= 4 is 9.84 Å². The van der Waals surface area contributed by atoms with Crippen LogP contribution in [0.25, 0.3) is 0 Å². The van der Waals surface area contributed by atoms with Gasteiger partial charge in [-0.3, -0.25) is 0 Å². The molecule has 1 spiro atoms. The third-order valence-corrected chi connectivity index (χ3v) is 5.17. The molecule has 0 unspecified atom stereocenters. The Balaban J connectivity index is 2.00. The van der Waals surface area contributed by atoms with E-state index in [1.165, 1.54) is 0 Å². The van der Waals surface area contributed by atoms with Gasteiger partial charge in [0.2, 0.25) is 0 Å². The van der Waals surface area contributed by atoms with Gasteiger partial charge >= 0.3 is 0 Å². The normalized spacial score (nSPS) is 33.1. The lowest BCUT2D eigenvalue weighted by Gasteiger charge is -2.45. The van der Waals surface area contributed by atoms with E-state index < -0.39 is 9.84 Å². The van der Waals surface area contributed by atoms with Gasteiger partial charge in [0.25, 0.3) is 0 Å². The Hall–Kier alpha value is -0.0900. The second-order valence-corrected chi connectivity index (χ2v) is 6.33. The summed E-state index contributed by atoms with van der Waals surface area (Å²) in [5, 5.41) is 9.24. The highest BCUT2D eigenvalue weighted by Crippen LogP contribution is 2.45. The summed E-state index contributed by atoms with van der Waals surface area (Å²) in [6, 6.07) is 0. The molecule has 1 saturated heterocycles. The van der Waals surface area contributed by atoms with Crippen molar-refractivity contribution in [3.8, 4) is 0 Å². The van der Waals surface area contributed by atoms with Crippen molar-refractivity contribution in [3.05, 3.63) is 0 Å². The molecule has 0 aromatic carbocycles. The molecule has 0 atom stereocenters.